The van der Waals surface area contributed by atoms with Gasteiger partial charge in [0.15, 0.2) is 0 Å². The smallest absolute Gasteiger partial charge is 0.378 e. The molecular formula is C22H21F3N4O4. The Labute approximate surface area is 185 Å². The van der Waals surface area contributed by atoms with E-state index < -0.39 is 34.3 Å². The number of rotatable bonds is 3. The number of alkyl halides is 3. The first kappa shape index (κ1) is 22.6. The lowest BCUT2D eigenvalue weighted by Gasteiger charge is -2.31. The van der Waals surface area contributed by atoms with Crippen LogP contribution in [0.1, 0.15) is 15.9 Å². The van der Waals surface area contributed by atoms with E-state index in [9.17, 15) is 27.6 Å². The first-order valence-corrected chi connectivity index (χ1v) is 10.1. The number of hydrogen-bond donors (Lipinski definition) is 1. The average molecular weight is 462 g/mol. The van der Waals surface area contributed by atoms with Gasteiger partial charge in [-0.15, -0.1) is 0 Å². The van der Waals surface area contributed by atoms with E-state index in [0.717, 1.165) is 16.7 Å². The fraction of sp³-hybridized carbons (Fsp3) is 0.318. The number of aryl methyl sites for hydroxylation is 2. The summed E-state index contributed by atoms with van der Waals surface area (Å²) in [5.74, 6) is -0.938. The number of aromatic nitrogens is 2. The molecule has 0 aliphatic carbocycles. The highest BCUT2D eigenvalue weighted by Gasteiger charge is 2.35. The number of hydrogen-bond acceptors (Lipinski definition) is 5. The van der Waals surface area contributed by atoms with Gasteiger partial charge in [0.25, 0.3) is 5.91 Å². The van der Waals surface area contributed by atoms with Crippen LogP contribution in [0.2, 0.25) is 0 Å². The highest BCUT2D eigenvalue weighted by atomic mass is 19.4. The molecule has 11 heteroatoms. The van der Waals surface area contributed by atoms with E-state index in [1.807, 2.05) is 4.90 Å². The monoisotopic (exact) mass is 462 g/mol. The van der Waals surface area contributed by atoms with Gasteiger partial charge in [0.1, 0.15) is 0 Å². The third-order valence-corrected chi connectivity index (χ3v) is 5.68. The van der Waals surface area contributed by atoms with Crippen LogP contribution < -0.4 is 21.3 Å². The fourth-order valence-corrected chi connectivity index (χ4v) is 3.89. The van der Waals surface area contributed by atoms with Crippen LogP contribution in [0.3, 0.4) is 0 Å². The Morgan fingerprint density at radius 2 is 1.55 bits per heavy atom. The number of carbonyl (C=O) groups excluding carboxylic acids is 1. The van der Waals surface area contributed by atoms with E-state index >= 15 is 0 Å². The van der Waals surface area contributed by atoms with Crippen molar-refractivity contribution in [3.63, 3.8) is 0 Å². The van der Waals surface area contributed by atoms with Gasteiger partial charge in [0.05, 0.1) is 46.7 Å². The number of anilines is 2. The standard InChI is InChI=1S/C22H21F3N4O4/c1-27-17-11-15(26-19(30)13-5-3-4-6-14(13)22(23,24)25)16(29-7-9-33-10-8-29)12-18(17)28(2)21(32)20(27)31/h3-6,11-12H,7-10H2,1-2H3,(H,26,30). The molecule has 1 aromatic heterocycles. The highest BCUT2D eigenvalue weighted by Crippen LogP contribution is 2.34. The van der Waals surface area contributed by atoms with E-state index in [1.54, 1.807) is 6.07 Å². The van der Waals surface area contributed by atoms with Crippen molar-refractivity contribution >= 4 is 28.3 Å². The number of nitrogens with one attached hydrogen (secondary N) is 1. The number of benzene rings is 2. The van der Waals surface area contributed by atoms with Crippen molar-refractivity contribution in [2.75, 3.05) is 36.5 Å². The second kappa shape index (κ2) is 8.39. The van der Waals surface area contributed by atoms with Gasteiger partial charge < -0.3 is 24.1 Å². The number of halogens is 3. The predicted molar refractivity (Wildman–Crippen MR) is 117 cm³/mol. The summed E-state index contributed by atoms with van der Waals surface area (Å²) < 4.78 is 48.0. The van der Waals surface area contributed by atoms with Gasteiger partial charge >= 0.3 is 17.3 Å². The molecule has 8 nitrogen and oxygen atoms in total. The van der Waals surface area contributed by atoms with Crippen molar-refractivity contribution in [1.82, 2.24) is 9.13 Å². The number of ether oxygens (including phenoxy) is 1. The van der Waals surface area contributed by atoms with Crippen LogP contribution >= 0.6 is 0 Å². The third-order valence-electron chi connectivity index (χ3n) is 5.68. The van der Waals surface area contributed by atoms with Gasteiger partial charge in [0.2, 0.25) is 0 Å². The van der Waals surface area contributed by atoms with Gasteiger partial charge in [-0.25, -0.2) is 0 Å². The molecule has 1 N–H and O–H groups in total. The Kier molecular flexibility index (Phi) is 5.75. The summed E-state index contributed by atoms with van der Waals surface area (Å²) in [6.45, 7) is 1.81. The molecule has 33 heavy (non-hydrogen) atoms. The third kappa shape index (κ3) is 4.11. The maximum Gasteiger partial charge on any atom is 0.417 e. The van der Waals surface area contributed by atoms with E-state index in [-0.39, 0.29) is 5.69 Å². The lowest BCUT2D eigenvalue weighted by atomic mass is 10.1. The summed E-state index contributed by atoms with van der Waals surface area (Å²) >= 11 is 0. The van der Waals surface area contributed by atoms with Crippen molar-refractivity contribution in [3.05, 3.63) is 68.2 Å². The number of carbonyl (C=O) groups is 1. The van der Waals surface area contributed by atoms with Crippen LogP contribution in [-0.2, 0) is 25.0 Å². The maximum atomic E-state index is 13.4. The molecule has 1 fully saturated rings. The zero-order valence-corrected chi connectivity index (χ0v) is 17.9. The average Bonchev–Trinajstić information content (AvgIpc) is 2.81. The van der Waals surface area contributed by atoms with Crippen molar-refractivity contribution in [1.29, 1.82) is 0 Å². The van der Waals surface area contributed by atoms with Crippen LogP contribution in [0.4, 0.5) is 24.5 Å². The molecular weight excluding hydrogens is 441 g/mol. The molecule has 0 spiro atoms. The number of morpholine rings is 1. The van der Waals surface area contributed by atoms with Crippen LogP contribution in [0, 0.1) is 0 Å². The zero-order chi connectivity index (χ0) is 23.9. The Morgan fingerprint density at radius 3 is 2.15 bits per heavy atom. The summed E-state index contributed by atoms with van der Waals surface area (Å²) in [5, 5.41) is 2.59. The molecule has 0 atom stereocenters. The minimum atomic E-state index is -4.70. The molecule has 2 heterocycles. The quantitative estimate of drug-likeness (QED) is 0.604. The van der Waals surface area contributed by atoms with Crippen molar-refractivity contribution < 1.29 is 22.7 Å². The van der Waals surface area contributed by atoms with Gasteiger partial charge in [-0.2, -0.15) is 13.2 Å². The molecule has 2 aromatic carbocycles. The minimum absolute atomic E-state index is 0.222. The van der Waals surface area contributed by atoms with Crippen molar-refractivity contribution in [3.8, 4) is 0 Å². The summed E-state index contributed by atoms with van der Waals surface area (Å²) in [4.78, 5) is 39.4. The van der Waals surface area contributed by atoms with Crippen LogP contribution in [-0.4, -0.2) is 41.3 Å². The molecule has 1 saturated heterocycles. The van der Waals surface area contributed by atoms with Crippen molar-refractivity contribution in [2.45, 2.75) is 6.18 Å². The minimum Gasteiger partial charge on any atom is -0.378 e. The number of amides is 1. The van der Waals surface area contributed by atoms with Crippen LogP contribution in [0.5, 0.6) is 0 Å². The Hall–Kier alpha value is -3.60. The normalized spacial score (nSPS) is 14.5. The number of fused-ring (bicyclic) bond motifs is 1. The fourth-order valence-electron chi connectivity index (χ4n) is 3.89. The molecule has 1 aliphatic heterocycles. The molecule has 0 radical (unpaired) electrons. The zero-order valence-electron chi connectivity index (χ0n) is 17.9. The molecule has 0 unspecified atom stereocenters. The van der Waals surface area contributed by atoms with Gasteiger partial charge in [-0.3, -0.25) is 14.4 Å². The summed E-state index contributed by atoms with van der Waals surface area (Å²) in [5.41, 5.74) is -1.52. The lowest BCUT2D eigenvalue weighted by Crippen LogP contribution is -2.40. The van der Waals surface area contributed by atoms with Crippen molar-refractivity contribution in [2.24, 2.45) is 14.1 Å². The molecule has 1 amide bonds. The molecule has 174 valence electrons. The second-order valence-electron chi connectivity index (χ2n) is 7.68. The second-order valence-corrected chi connectivity index (χ2v) is 7.68. The van der Waals surface area contributed by atoms with E-state index in [2.05, 4.69) is 5.32 Å². The molecule has 0 saturated carbocycles. The lowest BCUT2D eigenvalue weighted by molar-refractivity contribution is -0.137. The maximum absolute atomic E-state index is 13.4. The Balaban J connectivity index is 1.88. The highest BCUT2D eigenvalue weighted by molar-refractivity contribution is 6.08. The Morgan fingerprint density at radius 1 is 0.970 bits per heavy atom. The van der Waals surface area contributed by atoms with Crippen LogP contribution in [0.25, 0.3) is 11.0 Å². The Bertz CT molecular complexity index is 1350. The van der Waals surface area contributed by atoms with Gasteiger partial charge in [-0.05, 0) is 24.3 Å². The predicted octanol–water partition coefficient (Wildman–Crippen LogP) is 2.34. The summed E-state index contributed by atoms with van der Waals surface area (Å²) in [6, 6.07) is 7.66. The first-order chi connectivity index (χ1) is 15.6. The topological polar surface area (TPSA) is 85.6 Å². The largest absolute Gasteiger partial charge is 0.417 e. The first-order valence-electron chi connectivity index (χ1n) is 10.1. The number of nitrogens with zero attached hydrogens (tertiary/aromatic N) is 3. The van der Waals surface area contributed by atoms with Crippen LogP contribution in [0.15, 0.2) is 46.0 Å². The molecule has 4 rings (SSSR count). The van der Waals surface area contributed by atoms with E-state index in [4.69, 9.17) is 4.74 Å². The molecule has 1 aliphatic rings. The van der Waals surface area contributed by atoms with E-state index in [1.165, 1.54) is 36.9 Å². The summed E-state index contributed by atoms with van der Waals surface area (Å²) in [7, 11) is 2.89. The summed E-state index contributed by atoms with van der Waals surface area (Å²) in [6.07, 6.45) is -4.70. The molecule has 3 aromatic rings. The van der Waals surface area contributed by atoms with Gasteiger partial charge in [-0.1, -0.05) is 12.1 Å². The molecule has 0 bridgehead atoms. The van der Waals surface area contributed by atoms with Gasteiger partial charge in [0, 0.05) is 27.2 Å². The SMILES string of the molecule is Cn1c(=O)c(=O)n(C)c2cc(N3CCOCC3)c(NC(=O)c3ccccc3C(F)(F)F)cc21. The van der Waals surface area contributed by atoms with E-state index in [0.29, 0.717) is 43.0 Å².